The fraction of sp³-hybridized carbons (Fsp3) is 0. The molecule has 0 saturated heterocycles. The number of nitrogens with one attached hydrogen (secondary N) is 1. The van der Waals surface area contributed by atoms with Crippen LogP contribution in [0.3, 0.4) is 0 Å². The summed E-state index contributed by atoms with van der Waals surface area (Å²) in [5, 5.41) is 0. The van der Waals surface area contributed by atoms with Gasteiger partial charge in [0.2, 0.25) is 0 Å². The molecule has 100 valence electrons. The van der Waals surface area contributed by atoms with Crippen LogP contribution in [0.5, 0.6) is 0 Å². The summed E-state index contributed by atoms with van der Waals surface area (Å²) >= 11 is 0. The summed E-state index contributed by atoms with van der Waals surface area (Å²) in [7, 11) is 0. The third-order valence-corrected chi connectivity index (χ3v) is 2.90. The van der Waals surface area contributed by atoms with Gasteiger partial charge in [-0.1, -0.05) is 0 Å². The van der Waals surface area contributed by atoms with Gasteiger partial charge in [0.15, 0.2) is 0 Å². The lowest BCUT2D eigenvalue weighted by Gasteiger charge is -1.99. The van der Waals surface area contributed by atoms with Crippen molar-refractivity contribution in [2.24, 2.45) is 0 Å². The molecule has 3 aromatic rings. The standard InChI is InChI=1S/C15H9F3N2/c16-10-3-1-9(2-4-10)15-19-8-14(20-15)12-6-5-11(17)7-13(12)18/h1-8H,(H,19,20). The predicted molar refractivity (Wildman–Crippen MR) is 69.3 cm³/mol. The van der Waals surface area contributed by atoms with Crippen LogP contribution in [-0.2, 0) is 0 Å². The highest BCUT2D eigenvalue weighted by molar-refractivity contribution is 5.64. The Morgan fingerprint density at radius 1 is 0.850 bits per heavy atom. The van der Waals surface area contributed by atoms with E-state index in [9.17, 15) is 13.2 Å². The number of halogens is 3. The van der Waals surface area contributed by atoms with Crippen LogP contribution in [0, 0.1) is 17.5 Å². The average molecular weight is 274 g/mol. The van der Waals surface area contributed by atoms with E-state index in [0.717, 1.165) is 6.07 Å². The Kier molecular flexibility index (Phi) is 3.02. The molecule has 5 heteroatoms. The molecular weight excluding hydrogens is 265 g/mol. The molecule has 0 bridgehead atoms. The monoisotopic (exact) mass is 274 g/mol. The van der Waals surface area contributed by atoms with Gasteiger partial charge in [-0.2, -0.15) is 0 Å². The fourth-order valence-corrected chi connectivity index (χ4v) is 1.91. The van der Waals surface area contributed by atoms with Crippen LogP contribution in [-0.4, -0.2) is 9.97 Å². The number of rotatable bonds is 2. The molecule has 1 N–H and O–H groups in total. The summed E-state index contributed by atoms with van der Waals surface area (Å²) in [6.45, 7) is 0. The van der Waals surface area contributed by atoms with Gasteiger partial charge in [-0.3, -0.25) is 0 Å². The van der Waals surface area contributed by atoms with E-state index < -0.39 is 11.6 Å². The Hall–Kier alpha value is -2.56. The molecule has 0 aliphatic rings. The highest BCUT2D eigenvalue weighted by Crippen LogP contribution is 2.24. The lowest BCUT2D eigenvalue weighted by molar-refractivity contribution is 0.585. The number of hydrogen-bond acceptors (Lipinski definition) is 1. The van der Waals surface area contributed by atoms with Crippen molar-refractivity contribution in [3.8, 4) is 22.6 Å². The second-order valence-electron chi connectivity index (χ2n) is 4.27. The average Bonchev–Trinajstić information content (AvgIpc) is 2.89. The van der Waals surface area contributed by atoms with Gasteiger partial charge in [-0.05, 0) is 36.4 Å². The molecule has 0 radical (unpaired) electrons. The Labute approximate surface area is 112 Å². The minimum Gasteiger partial charge on any atom is -0.344 e. The molecule has 2 aromatic carbocycles. The van der Waals surface area contributed by atoms with E-state index in [0.29, 0.717) is 17.1 Å². The highest BCUT2D eigenvalue weighted by atomic mass is 19.1. The van der Waals surface area contributed by atoms with Crippen LogP contribution >= 0.6 is 0 Å². The zero-order valence-electron chi connectivity index (χ0n) is 10.2. The number of hydrogen-bond donors (Lipinski definition) is 1. The number of aromatic nitrogens is 2. The van der Waals surface area contributed by atoms with E-state index in [1.54, 1.807) is 12.1 Å². The summed E-state index contributed by atoms with van der Waals surface area (Å²) in [4.78, 5) is 7.12. The Balaban J connectivity index is 1.99. The summed E-state index contributed by atoms with van der Waals surface area (Å²) < 4.78 is 39.4. The van der Waals surface area contributed by atoms with Gasteiger partial charge in [0, 0.05) is 23.4 Å². The third kappa shape index (κ3) is 2.30. The van der Waals surface area contributed by atoms with E-state index >= 15 is 0 Å². The number of benzene rings is 2. The molecule has 0 unspecified atom stereocenters. The van der Waals surface area contributed by atoms with Crippen molar-refractivity contribution in [3.63, 3.8) is 0 Å². The first-order valence-corrected chi connectivity index (χ1v) is 5.90. The lowest BCUT2D eigenvalue weighted by Crippen LogP contribution is -1.87. The Bertz CT molecular complexity index is 748. The number of nitrogens with zero attached hydrogens (tertiary/aromatic N) is 1. The van der Waals surface area contributed by atoms with Crippen molar-refractivity contribution < 1.29 is 13.2 Å². The molecule has 2 nitrogen and oxygen atoms in total. The van der Waals surface area contributed by atoms with Crippen molar-refractivity contribution in [1.29, 1.82) is 0 Å². The van der Waals surface area contributed by atoms with Gasteiger partial charge < -0.3 is 4.98 Å². The van der Waals surface area contributed by atoms with Crippen LogP contribution in [0.2, 0.25) is 0 Å². The van der Waals surface area contributed by atoms with Gasteiger partial charge in [0.25, 0.3) is 0 Å². The first-order chi connectivity index (χ1) is 9.63. The maximum atomic E-state index is 13.7. The summed E-state index contributed by atoms with van der Waals surface area (Å²) in [6, 6.07) is 9.07. The van der Waals surface area contributed by atoms with Crippen molar-refractivity contribution in [2.45, 2.75) is 0 Å². The minimum atomic E-state index is -0.679. The van der Waals surface area contributed by atoms with E-state index in [2.05, 4.69) is 9.97 Å². The molecular formula is C15H9F3N2. The molecule has 0 spiro atoms. The molecule has 0 amide bonds. The molecule has 0 aliphatic carbocycles. The van der Waals surface area contributed by atoms with Crippen molar-refractivity contribution >= 4 is 0 Å². The first-order valence-electron chi connectivity index (χ1n) is 5.90. The largest absolute Gasteiger partial charge is 0.344 e. The van der Waals surface area contributed by atoms with E-state index in [1.807, 2.05) is 0 Å². The summed E-state index contributed by atoms with van der Waals surface area (Å²) in [6.07, 6.45) is 1.52. The number of aromatic amines is 1. The molecule has 1 heterocycles. The Morgan fingerprint density at radius 3 is 2.25 bits per heavy atom. The van der Waals surface area contributed by atoms with Gasteiger partial charge in [-0.15, -0.1) is 0 Å². The topological polar surface area (TPSA) is 28.7 Å². The van der Waals surface area contributed by atoms with E-state index in [1.165, 1.54) is 30.5 Å². The maximum Gasteiger partial charge on any atom is 0.138 e. The summed E-state index contributed by atoms with van der Waals surface area (Å²) in [5.41, 5.74) is 1.25. The van der Waals surface area contributed by atoms with Crippen LogP contribution in [0.1, 0.15) is 0 Å². The number of imidazole rings is 1. The second-order valence-corrected chi connectivity index (χ2v) is 4.27. The smallest absolute Gasteiger partial charge is 0.138 e. The van der Waals surface area contributed by atoms with Crippen LogP contribution < -0.4 is 0 Å². The Morgan fingerprint density at radius 2 is 1.55 bits per heavy atom. The van der Waals surface area contributed by atoms with Crippen LogP contribution in [0.25, 0.3) is 22.6 Å². The first kappa shape index (κ1) is 12.5. The molecule has 20 heavy (non-hydrogen) atoms. The zero-order chi connectivity index (χ0) is 14.1. The molecule has 0 saturated carbocycles. The van der Waals surface area contributed by atoms with Gasteiger partial charge in [0.05, 0.1) is 5.69 Å². The lowest BCUT2D eigenvalue weighted by atomic mass is 10.1. The van der Waals surface area contributed by atoms with Gasteiger partial charge in [0.1, 0.15) is 23.3 Å². The van der Waals surface area contributed by atoms with Crippen LogP contribution in [0.4, 0.5) is 13.2 Å². The van der Waals surface area contributed by atoms with Crippen LogP contribution in [0.15, 0.2) is 48.7 Å². The minimum absolute atomic E-state index is 0.205. The maximum absolute atomic E-state index is 13.7. The third-order valence-electron chi connectivity index (χ3n) is 2.90. The SMILES string of the molecule is Fc1ccc(-c2nc(-c3ccc(F)cc3F)c[nH]2)cc1. The highest BCUT2D eigenvalue weighted by Gasteiger charge is 2.11. The summed E-state index contributed by atoms with van der Waals surface area (Å²) in [5.74, 6) is -1.17. The quantitative estimate of drug-likeness (QED) is 0.746. The zero-order valence-corrected chi connectivity index (χ0v) is 10.2. The fourth-order valence-electron chi connectivity index (χ4n) is 1.91. The normalized spacial score (nSPS) is 10.8. The molecule has 3 rings (SSSR count). The van der Waals surface area contributed by atoms with E-state index in [-0.39, 0.29) is 11.4 Å². The molecule has 0 atom stereocenters. The van der Waals surface area contributed by atoms with Gasteiger partial charge >= 0.3 is 0 Å². The van der Waals surface area contributed by atoms with Crippen molar-refractivity contribution in [2.75, 3.05) is 0 Å². The van der Waals surface area contributed by atoms with Crippen molar-refractivity contribution in [1.82, 2.24) is 9.97 Å². The molecule has 1 aromatic heterocycles. The second kappa shape index (κ2) is 4.85. The number of H-pyrrole nitrogens is 1. The van der Waals surface area contributed by atoms with E-state index in [4.69, 9.17) is 0 Å². The molecule has 0 fully saturated rings. The predicted octanol–water partition coefficient (Wildman–Crippen LogP) is 4.16. The van der Waals surface area contributed by atoms with Crippen molar-refractivity contribution in [3.05, 3.63) is 66.1 Å². The molecule has 0 aliphatic heterocycles. The van der Waals surface area contributed by atoms with Gasteiger partial charge in [-0.25, -0.2) is 18.2 Å².